The molecule has 1 saturated carbocycles. The number of hydrogen-bond acceptors (Lipinski definition) is 2. The highest BCUT2D eigenvalue weighted by Crippen LogP contribution is 2.30. The summed E-state index contributed by atoms with van der Waals surface area (Å²) in [6, 6.07) is -0.318. The molecular weight excluding hydrogens is 187 g/mol. The normalized spacial score (nSPS) is 17.2. The van der Waals surface area contributed by atoms with E-state index >= 15 is 0 Å². The van der Waals surface area contributed by atoms with E-state index in [9.17, 15) is 18.0 Å². The van der Waals surface area contributed by atoms with E-state index in [4.69, 9.17) is 5.11 Å². The zero-order valence-electron chi connectivity index (χ0n) is 6.84. The molecule has 1 amide bonds. The maximum atomic E-state index is 11.9. The molecule has 0 atom stereocenters. The molecule has 0 aliphatic heterocycles. The first-order valence-corrected chi connectivity index (χ1v) is 3.95. The fourth-order valence-corrected chi connectivity index (χ4v) is 1.11. The van der Waals surface area contributed by atoms with Gasteiger partial charge in [-0.05, 0) is 12.8 Å². The number of carbonyl (C=O) groups excluding carboxylic acids is 1. The summed E-state index contributed by atoms with van der Waals surface area (Å²) in [4.78, 5) is 11.4. The van der Waals surface area contributed by atoms with Gasteiger partial charge in [-0.25, -0.2) is 0 Å². The Labute approximate surface area is 73.1 Å². The smallest absolute Gasteiger partial charge is 0.395 e. The molecule has 1 fully saturated rings. The van der Waals surface area contributed by atoms with Crippen molar-refractivity contribution in [2.45, 2.75) is 25.1 Å². The van der Waals surface area contributed by atoms with Crippen LogP contribution in [0.1, 0.15) is 12.8 Å². The topological polar surface area (TPSA) is 40.5 Å². The fraction of sp³-hybridized carbons (Fsp3) is 0.857. The molecule has 0 aromatic heterocycles. The first-order chi connectivity index (χ1) is 5.96. The molecule has 1 aliphatic rings. The first-order valence-electron chi connectivity index (χ1n) is 3.95. The molecule has 0 heterocycles. The lowest BCUT2D eigenvalue weighted by atomic mass is 10.4. The summed E-state index contributed by atoms with van der Waals surface area (Å²) in [5.41, 5.74) is 0. The van der Waals surface area contributed by atoms with Gasteiger partial charge in [0.15, 0.2) is 0 Å². The number of amides is 1. The highest BCUT2D eigenvalue weighted by molar-refractivity contribution is 5.82. The average molecular weight is 197 g/mol. The van der Waals surface area contributed by atoms with Crippen LogP contribution in [-0.4, -0.2) is 41.3 Å². The van der Waals surface area contributed by atoms with E-state index in [0.29, 0.717) is 17.7 Å². The number of alkyl halides is 3. The molecule has 0 unspecified atom stereocenters. The number of aliphatic hydroxyl groups is 1. The molecule has 0 aromatic carbocycles. The number of carbonyl (C=O) groups is 1. The quantitative estimate of drug-likeness (QED) is 0.717. The molecule has 3 nitrogen and oxygen atoms in total. The van der Waals surface area contributed by atoms with E-state index in [-0.39, 0.29) is 12.6 Å². The standard InChI is InChI=1S/C7H10F3NO2/c8-7(9,10)6(13)11(3-4-12)5-1-2-5/h5,12H,1-4H2. The number of nitrogens with zero attached hydrogens (tertiary/aromatic N) is 1. The minimum Gasteiger partial charge on any atom is -0.395 e. The molecule has 0 radical (unpaired) electrons. The SMILES string of the molecule is O=C(N(CCO)C1CC1)C(F)(F)F. The minimum absolute atomic E-state index is 0.233. The molecule has 0 bridgehead atoms. The van der Waals surface area contributed by atoms with Crippen molar-refractivity contribution >= 4 is 5.91 Å². The van der Waals surface area contributed by atoms with Crippen LogP contribution in [0.2, 0.25) is 0 Å². The first kappa shape index (κ1) is 10.3. The van der Waals surface area contributed by atoms with E-state index in [1.54, 1.807) is 0 Å². The highest BCUT2D eigenvalue weighted by Gasteiger charge is 2.46. The van der Waals surface area contributed by atoms with Crippen LogP contribution in [0, 0.1) is 0 Å². The van der Waals surface area contributed by atoms with Gasteiger partial charge in [-0.3, -0.25) is 4.79 Å². The number of hydrogen-bond donors (Lipinski definition) is 1. The van der Waals surface area contributed by atoms with Crippen molar-refractivity contribution in [1.29, 1.82) is 0 Å². The lowest BCUT2D eigenvalue weighted by Crippen LogP contribution is -2.43. The van der Waals surface area contributed by atoms with Gasteiger partial charge in [0.05, 0.1) is 6.61 Å². The largest absolute Gasteiger partial charge is 0.471 e. The summed E-state index contributed by atoms with van der Waals surface area (Å²) in [5, 5.41) is 8.47. The Morgan fingerprint density at radius 3 is 2.31 bits per heavy atom. The lowest BCUT2D eigenvalue weighted by Gasteiger charge is -2.22. The zero-order chi connectivity index (χ0) is 10.1. The van der Waals surface area contributed by atoms with E-state index in [0.717, 1.165) is 0 Å². The summed E-state index contributed by atoms with van der Waals surface area (Å²) in [6.45, 7) is -0.665. The number of rotatable bonds is 3. The van der Waals surface area contributed by atoms with Crippen molar-refractivity contribution in [3.05, 3.63) is 0 Å². The highest BCUT2D eigenvalue weighted by atomic mass is 19.4. The second-order valence-corrected chi connectivity index (χ2v) is 2.95. The Kier molecular flexibility index (Phi) is 2.80. The molecule has 6 heteroatoms. The molecule has 0 spiro atoms. The molecule has 1 N–H and O–H groups in total. The average Bonchev–Trinajstić information content (AvgIpc) is 2.79. The van der Waals surface area contributed by atoms with Crippen molar-refractivity contribution in [3.63, 3.8) is 0 Å². The fourth-order valence-electron chi connectivity index (χ4n) is 1.11. The predicted molar refractivity (Wildman–Crippen MR) is 37.9 cm³/mol. The molecule has 1 aliphatic carbocycles. The third kappa shape index (κ3) is 2.58. The molecule has 0 saturated heterocycles. The van der Waals surface area contributed by atoms with Gasteiger partial charge in [0, 0.05) is 12.6 Å². The van der Waals surface area contributed by atoms with Crippen molar-refractivity contribution in [2.75, 3.05) is 13.2 Å². The summed E-state index contributed by atoms with van der Waals surface area (Å²) in [5.74, 6) is -1.84. The van der Waals surface area contributed by atoms with Crippen LogP contribution in [0.3, 0.4) is 0 Å². The van der Waals surface area contributed by atoms with E-state index in [1.807, 2.05) is 0 Å². The van der Waals surface area contributed by atoms with Crippen LogP contribution in [-0.2, 0) is 4.79 Å². The molecule has 1 rings (SSSR count). The van der Waals surface area contributed by atoms with Gasteiger partial charge in [-0.15, -0.1) is 0 Å². The van der Waals surface area contributed by atoms with E-state index < -0.39 is 18.7 Å². The van der Waals surface area contributed by atoms with Crippen molar-refractivity contribution in [2.24, 2.45) is 0 Å². The zero-order valence-corrected chi connectivity index (χ0v) is 6.84. The summed E-state index contributed by atoms with van der Waals surface area (Å²) in [6.07, 6.45) is -3.62. The van der Waals surface area contributed by atoms with E-state index in [2.05, 4.69) is 0 Å². The third-order valence-electron chi connectivity index (χ3n) is 1.83. The minimum atomic E-state index is -4.82. The van der Waals surface area contributed by atoms with E-state index in [1.165, 1.54) is 0 Å². The van der Waals surface area contributed by atoms with Crippen molar-refractivity contribution in [1.82, 2.24) is 4.90 Å². The Hall–Kier alpha value is -0.780. The van der Waals surface area contributed by atoms with Gasteiger partial charge < -0.3 is 10.0 Å². The van der Waals surface area contributed by atoms with Gasteiger partial charge in [-0.2, -0.15) is 13.2 Å². The van der Waals surface area contributed by atoms with Crippen molar-refractivity contribution < 1.29 is 23.1 Å². The maximum absolute atomic E-state index is 11.9. The van der Waals surface area contributed by atoms with Crippen LogP contribution < -0.4 is 0 Å². The Morgan fingerprint density at radius 2 is 2.00 bits per heavy atom. The molecule has 0 aromatic rings. The van der Waals surface area contributed by atoms with Crippen LogP contribution in [0.25, 0.3) is 0 Å². The molecule has 13 heavy (non-hydrogen) atoms. The Bertz CT molecular complexity index is 200. The van der Waals surface area contributed by atoms with Crippen LogP contribution in [0.4, 0.5) is 13.2 Å². The summed E-state index contributed by atoms with van der Waals surface area (Å²) >= 11 is 0. The van der Waals surface area contributed by atoms with Gasteiger partial charge >= 0.3 is 12.1 Å². The van der Waals surface area contributed by atoms with Gasteiger partial charge in [0.2, 0.25) is 0 Å². The Balaban J connectivity index is 2.58. The van der Waals surface area contributed by atoms with Gasteiger partial charge in [0.25, 0.3) is 0 Å². The second kappa shape index (κ2) is 3.53. The summed E-state index contributed by atoms with van der Waals surface area (Å²) in [7, 11) is 0. The Morgan fingerprint density at radius 1 is 1.46 bits per heavy atom. The van der Waals surface area contributed by atoms with Crippen molar-refractivity contribution in [3.8, 4) is 0 Å². The third-order valence-corrected chi connectivity index (χ3v) is 1.83. The molecular formula is C7H10F3NO2. The lowest BCUT2D eigenvalue weighted by molar-refractivity contribution is -0.186. The second-order valence-electron chi connectivity index (χ2n) is 2.95. The maximum Gasteiger partial charge on any atom is 0.471 e. The predicted octanol–water partition coefficient (Wildman–Crippen LogP) is 0.532. The number of aliphatic hydroxyl groups excluding tert-OH is 1. The van der Waals surface area contributed by atoms with Crippen LogP contribution >= 0.6 is 0 Å². The van der Waals surface area contributed by atoms with Gasteiger partial charge in [0.1, 0.15) is 0 Å². The molecule has 76 valence electrons. The number of halogens is 3. The van der Waals surface area contributed by atoms with Crippen LogP contribution in [0.15, 0.2) is 0 Å². The monoisotopic (exact) mass is 197 g/mol. The van der Waals surface area contributed by atoms with Gasteiger partial charge in [-0.1, -0.05) is 0 Å². The summed E-state index contributed by atoms with van der Waals surface area (Å²) < 4.78 is 35.8. The van der Waals surface area contributed by atoms with Crippen LogP contribution in [0.5, 0.6) is 0 Å².